The Balaban J connectivity index is 2.40. The minimum absolute atomic E-state index is 0.0195. The summed E-state index contributed by atoms with van der Waals surface area (Å²) in [4.78, 5) is 14.7. The van der Waals surface area contributed by atoms with Crippen molar-refractivity contribution in [1.29, 1.82) is 0 Å². The van der Waals surface area contributed by atoms with Gasteiger partial charge in [0, 0.05) is 6.20 Å². The standard InChI is InChI=1S/C11H11N3O2/c1-2-8-6-12-14(7-8)10-5-3-4-9(13-10)11(15)16/h3-7H,2H2,1H3,(H,15,16). The average Bonchev–Trinajstić information content (AvgIpc) is 2.77. The maximum atomic E-state index is 10.8. The van der Waals surface area contributed by atoms with Crippen LogP contribution in [0.1, 0.15) is 23.0 Å². The van der Waals surface area contributed by atoms with Crippen LogP contribution >= 0.6 is 0 Å². The molecule has 0 saturated heterocycles. The fourth-order valence-corrected chi connectivity index (χ4v) is 1.34. The number of pyridine rings is 1. The fourth-order valence-electron chi connectivity index (χ4n) is 1.34. The first kappa shape index (κ1) is 10.4. The van der Waals surface area contributed by atoms with Gasteiger partial charge in [-0.1, -0.05) is 13.0 Å². The quantitative estimate of drug-likeness (QED) is 0.846. The van der Waals surface area contributed by atoms with Gasteiger partial charge in [0.2, 0.25) is 0 Å². The molecular weight excluding hydrogens is 206 g/mol. The van der Waals surface area contributed by atoms with Crippen LogP contribution in [0, 0.1) is 0 Å². The number of nitrogens with zero attached hydrogens (tertiary/aromatic N) is 3. The summed E-state index contributed by atoms with van der Waals surface area (Å²) in [5.41, 5.74) is 1.11. The van der Waals surface area contributed by atoms with Crippen LogP contribution in [0.15, 0.2) is 30.6 Å². The van der Waals surface area contributed by atoms with Gasteiger partial charge in [-0.15, -0.1) is 0 Å². The summed E-state index contributed by atoms with van der Waals surface area (Å²) >= 11 is 0. The van der Waals surface area contributed by atoms with Crippen molar-refractivity contribution in [3.63, 3.8) is 0 Å². The molecular formula is C11H11N3O2. The van der Waals surface area contributed by atoms with Crippen molar-refractivity contribution < 1.29 is 9.90 Å². The Bertz CT molecular complexity index is 519. The lowest BCUT2D eigenvalue weighted by Crippen LogP contribution is -2.04. The lowest BCUT2D eigenvalue weighted by atomic mass is 10.3. The minimum atomic E-state index is -1.04. The highest BCUT2D eigenvalue weighted by Crippen LogP contribution is 2.07. The lowest BCUT2D eigenvalue weighted by molar-refractivity contribution is 0.0690. The van der Waals surface area contributed by atoms with Crippen molar-refractivity contribution in [3.8, 4) is 5.82 Å². The van der Waals surface area contributed by atoms with E-state index in [1.54, 1.807) is 23.0 Å². The van der Waals surface area contributed by atoms with Gasteiger partial charge in [-0.25, -0.2) is 14.5 Å². The van der Waals surface area contributed by atoms with Crippen molar-refractivity contribution in [3.05, 3.63) is 41.9 Å². The lowest BCUT2D eigenvalue weighted by Gasteiger charge is -2.00. The molecule has 2 rings (SSSR count). The molecule has 0 bridgehead atoms. The molecule has 16 heavy (non-hydrogen) atoms. The van der Waals surface area contributed by atoms with Gasteiger partial charge in [0.1, 0.15) is 0 Å². The maximum absolute atomic E-state index is 10.8. The van der Waals surface area contributed by atoms with Crippen LogP contribution in [-0.4, -0.2) is 25.8 Å². The van der Waals surface area contributed by atoms with Gasteiger partial charge in [-0.2, -0.15) is 5.10 Å². The summed E-state index contributed by atoms with van der Waals surface area (Å²) in [7, 11) is 0. The Labute approximate surface area is 92.4 Å². The number of carboxylic acid groups (broad SMARTS) is 1. The van der Waals surface area contributed by atoms with Crippen LogP contribution in [0.4, 0.5) is 0 Å². The Hall–Kier alpha value is -2.17. The van der Waals surface area contributed by atoms with Gasteiger partial charge >= 0.3 is 5.97 Å². The second-order valence-electron chi connectivity index (χ2n) is 3.33. The summed E-state index contributed by atoms with van der Waals surface area (Å²) < 4.78 is 1.57. The molecule has 0 spiro atoms. The Kier molecular flexibility index (Phi) is 2.68. The van der Waals surface area contributed by atoms with E-state index in [2.05, 4.69) is 10.1 Å². The van der Waals surface area contributed by atoms with Crippen molar-refractivity contribution in [1.82, 2.24) is 14.8 Å². The van der Waals surface area contributed by atoms with Crippen LogP contribution in [0.5, 0.6) is 0 Å². The molecule has 5 heteroatoms. The van der Waals surface area contributed by atoms with E-state index in [-0.39, 0.29) is 5.69 Å². The third kappa shape index (κ3) is 1.93. The molecule has 0 aromatic carbocycles. The Morgan fingerprint density at radius 3 is 2.94 bits per heavy atom. The molecule has 5 nitrogen and oxygen atoms in total. The summed E-state index contributed by atoms with van der Waals surface area (Å²) in [5, 5.41) is 12.9. The van der Waals surface area contributed by atoms with Gasteiger partial charge in [-0.05, 0) is 24.1 Å². The van der Waals surface area contributed by atoms with Crippen LogP contribution in [-0.2, 0) is 6.42 Å². The third-order valence-corrected chi connectivity index (χ3v) is 2.23. The third-order valence-electron chi connectivity index (χ3n) is 2.23. The summed E-state index contributed by atoms with van der Waals surface area (Å²) in [6, 6.07) is 4.83. The number of aryl methyl sites for hydroxylation is 1. The zero-order valence-electron chi connectivity index (χ0n) is 8.79. The second-order valence-corrected chi connectivity index (χ2v) is 3.33. The van der Waals surface area contributed by atoms with E-state index in [0.717, 1.165) is 12.0 Å². The monoisotopic (exact) mass is 217 g/mol. The number of hydrogen-bond donors (Lipinski definition) is 1. The van der Waals surface area contributed by atoms with Gasteiger partial charge in [0.25, 0.3) is 0 Å². The SMILES string of the molecule is CCc1cnn(-c2cccc(C(=O)O)n2)c1. The van der Waals surface area contributed by atoms with E-state index in [9.17, 15) is 4.79 Å². The van der Waals surface area contributed by atoms with Crippen LogP contribution in [0.25, 0.3) is 5.82 Å². The predicted molar refractivity (Wildman–Crippen MR) is 57.7 cm³/mol. The molecule has 2 heterocycles. The van der Waals surface area contributed by atoms with Crippen molar-refractivity contribution >= 4 is 5.97 Å². The zero-order valence-corrected chi connectivity index (χ0v) is 8.79. The number of carboxylic acids is 1. The first-order chi connectivity index (χ1) is 7.70. The number of rotatable bonds is 3. The molecule has 0 saturated carbocycles. The summed E-state index contributed by atoms with van der Waals surface area (Å²) in [6.45, 7) is 2.03. The van der Waals surface area contributed by atoms with Crippen molar-refractivity contribution in [2.45, 2.75) is 13.3 Å². The number of carbonyl (C=O) groups is 1. The van der Waals surface area contributed by atoms with E-state index >= 15 is 0 Å². The van der Waals surface area contributed by atoms with E-state index < -0.39 is 5.97 Å². The molecule has 2 aromatic heterocycles. The van der Waals surface area contributed by atoms with Crippen LogP contribution in [0.3, 0.4) is 0 Å². The van der Waals surface area contributed by atoms with Crippen molar-refractivity contribution in [2.75, 3.05) is 0 Å². The number of hydrogen-bond acceptors (Lipinski definition) is 3. The molecule has 0 unspecified atom stereocenters. The van der Waals surface area contributed by atoms with Gasteiger partial charge in [0.15, 0.2) is 11.5 Å². The van der Waals surface area contributed by atoms with Gasteiger partial charge in [-0.3, -0.25) is 0 Å². The minimum Gasteiger partial charge on any atom is -0.477 e. The maximum Gasteiger partial charge on any atom is 0.354 e. The number of aromatic carboxylic acids is 1. The van der Waals surface area contributed by atoms with E-state index in [4.69, 9.17) is 5.11 Å². The van der Waals surface area contributed by atoms with Gasteiger partial charge in [0.05, 0.1) is 6.20 Å². The van der Waals surface area contributed by atoms with Crippen molar-refractivity contribution in [2.24, 2.45) is 0 Å². The normalized spacial score (nSPS) is 10.3. The Morgan fingerprint density at radius 1 is 1.50 bits per heavy atom. The highest BCUT2D eigenvalue weighted by Gasteiger charge is 2.06. The van der Waals surface area contributed by atoms with E-state index in [1.807, 2.05) is 13.1 Å². The molecule has 82 valence electrons. The van der Waals surface area contributed by atoms with E-state index in [0.29, 0.717) is 5.82 Å². The smallest absolute Gasteiger partial charge is 0.354 e. The zero-order chi connectivity index (χ0) is 11.5. The molecule has 0 fully saturated rings. The van der Waals surface area contributed by atoms with Gasteiger partial charge < -0.3 is 5.11 Å². The van der Waals surface area contributed by atoms with Crippen LogP contribution in [0.2, 0.25) is 0 Å². The molecule has 0 aliphatic carbocycles. The molecule has 0 aliphatic rings. The molecule has 2 aromatic rings. The van der Waals surface area contributed by atoms with E-state index in [1.165, 1.54) is 6.07 Å². The highest BCUT2D eigenvalue weighted by atomic mass is 16.4. The summed E-state index contributed by atoms with van der Waals surface area (Å²) in [6.07, 6.45) is 4.47. The first-order valence-electron chi connectivity index (χ1n) is 4.95. The molecule has 0 atom stereocenters. The van der Waals surface area contributed by atoms with Crippen LogP contribution < -0.4 is 0 Å². The Morgan fingerprint density at radius 2 is 2.31 bits per heavy atom. The largest absolute Gasteiger partial charge is 0.477 e. The molecule has 1 N–H and O–H groups in total. The summed E-state index contributed by atoms with van der Waals surface area (Å²) in [5.74, 6) is -0.524. The highest BCUT2D eigenvalue weighted by molar-refractivity contribution is 5.85. The first-order valence-corrected chi connectivity index (χ1v) is 4.95. The second kappa shape index (κ2) is 4.14. The number of aromatic nitrogens is 3. The molecule has 0 radical (unpaired) electrons. The molecule has 0 amide bonds. The average molecular weight is 217 g/mol. The molecule has 0 aliphatic heterocycles. The predicted octanol–water partition coefficient (Wildman–Crippen LogP) is 1.53. The topological polar surface area (TPSA) is 68.0 Å². The fraction of sp³-hybridized carbons (Fsp3) is 0.182.